The Morgan fingerprint density at radius 3 is 2.78 bits per heavy atom. The Balaban J connectivity index is 1.76. The molecule has 1 aliphatic rings. The van der Waals surface area contributed by atoms with Gasteiger partial charge in [-0.05, 0) is 35.2 Å². The van der Waals surface area contributed by atoms with E-state index in [1.165, 1.54) is 28.5 Å². The van der Waals surface area contributed by atoms with Crippen LogP contribution in [0.25, 0.3) is 10.1 Å². The second-order valence-corrected chi connectivity index (χ2v) is 6.17. The lowest BCUT2D eigenvalue weighted by molar-refractivity contribution is 0.163. The molecule has 1 heterocycles. The summed E-state index contributed by atoms with van der Waals surface area (Å²) in [5, 5.41) is 16.8. The van der Waals surface area contributed by atoms with Crippen LogP contribution in [0.5, 0.6) is 0 Å². The molecule has 2 N–H and O–H groups in total. The van der Waals surface area contributed by atoms with Crippen LogP contribution in [0, 0.1) is 0 Å². The van der Waals surface area contributed by atoms with Crippen LogP contribution in [-0.4, -0.2) is 17.3 Å². The lowest BCUT2D eigenvalue weighted by Gasteiger charge is -2.28. The first-order valence-electron chi connectivity index (χ1n) is 6.64. The molecule has 1 saturated carbocycles. The van der Waals surface area contributed by atoms with Crippen LogP contribution < -0.4 is 5.32 Å². The highest BCUT2D eigenvalue weighted by Gasteiger charge is 2.32. The first kappa shape index (κ1) is 12.2. The normalized spacial score (nSPS) is 18.5. The summed E-state index contributed by atoms with van der Waals surface area (Å²) in [6, 6.07) is 8.53. The second-order valence-electron chi connectivity index (χ2n) is 5.26. The zero-order valence-electron chi connectivity index (χ0n) is 10.5. The van der Waals surface area contributed by atoms with E-state index in [1.54, 1.807) is 11.3 Å². The van der Waals surface area contributed by atoms with Gasteiger partial charge in [0.1, 0.15) is 0 Å². The number of rotatable bonds is 4. The van der Waals surface area contributed by atoms with E-state index in [2.05, 4.69) is 35.0 Å². The molecule has 1 aromatic carbocycles. The summed E-state index contributed by atoms with van der Waals surface area (Å²) in [6.07, 6.45) is 4.67. The van der Waals surface area contributed by atoms with Gasteiger partial charge in [0, 0.05) is 16.8 Å². The summed E-state index contributed by atoms with van der Waals surface area (Å²) in [6.45, 7) is 1.12. The maximum absolute atomic E-state index is 9.60. The molecule has 3 rings (SSSR count). The summed E-state index contributed by atoms with van der Waals surface area (Å²) in [7, 11) is 0. The Bertz CT molecular complexity index is 528. The van der Waals surface area contributed by atoms with Crippen molar-refractivity contribution in [1.82, 2.24) is 5.32 Å². The molecule has 1 aliphatic carbocycles. The molecule has 2 nitrogen and oxygen atoms in total. The Labute approximate surface area is 112 Å². The Morgan fingerprint density at radius 1 is 1.22 bits per heavy atom. The van der Waals surface area contributed by atoms with Crippen molar-refractivity contribution >= 4 is 21.4 Å². The molecule has 96 valence electrons. The van der Waals surface area contributed by atoms with E-state index in [0.29, 0.717) is 0 Å². The van der Waals surface area contributed by atoms with Crippen molar-refractivity contribution in [2.24, 2.45) is 0 Å². The number of hydrogen-bond acceptors (Lipinski definition) is 3. The fourth-order valence-electron chi connectivity index (χ4n) is 2.89. The highest BCUT2D eigenvalue weighted by molar-refractivity contribution is 7.17. The molecule has 0 saturated heterocycles. The molecule has 0 radical (unpaired) electrons. The van der Waals surface area contributed by atoms with Crippen LogP contribution in [0.2, 0.25) is 0 Å². The first-order valence-corrected chi connectivity index (χ1v) is 7.52. The molecule has 0 bridgehead atoms. The van der Waals surface area contributed by atoms with Crippen molar-refractivity contribution in [3.05, 3.63) is 35.2 Å². The van der Waals surface area contributed by atoms with Crippen molar-refractivity contribution in [1.29, 1.82) is 0 Å². The van der Waals surface area contributed by atoms with E-state index < -0.39 is 0 Å². The summed E-state index contributed by atoms with van der Waals surface area (Å²) >= 11 is 1.80. The monoisotopic (exact) mass is 261 g/mol. The fraction of sp³-hybridized carbons (Fsp3) is 0.467. The standard InChI is InChI=1S/C15H19NOS/c17-11-15(7-3-4-8-15)16-9-12-10-18-14-6-2-1-5-13(12)14/h1-2,5-6,10,16-17H,3-4,7-9,11H2. The molecule has 0 unspecified atom stereocenters. The maximum Gasteiger partial charge on any atom is 0.0613 e. The minimum absolute atomic E-state index is 0.0248. The SMILES string of the molecule is OCC1(NCc2csc3ccccc23)CCCC1. The van der Waals surface area contributed by atoms with Crippen molar-refractivity contribution in [3.63, 3.8) is 0 Å². The molecule has 0 spiro atoms. The molecule has 2 aromatic rings. The first-order chi connectivity index (χ1) is 8.83. The lowest BCUT2D eigenvalue weighted by Crippen LogP contribution is -2.45. The number of aliphatic hydroxyl groups is 1. The predicted octanol–water partition coefficient (Wildman–Crippen LogP) is 3.30. The molecule has 18 heavy (non-hydrogen) atoms. The molecular formula is C15H19NOS. The highest BCUT2D eigenvalue weighted by atomic mass is 32.1. The number of fused-ring (bicyclic) bond motifs is 1. The number of aliphatic hydroxyl groups excluding tert-OH is 1. The van der Waals surface area contributed by atoms with E-state index in [9.17, 15) is 5.11 Å². The van der Waals surface area contributed by atoms with Gasteiger partial charge in [-0.25, -0.2) is 0 Å². The average molecular weight is 261 g/mol. The number of nitrogens with one attached hydrogen (secondary N) is 1. The third kappa shape index (κ3) is 2.18. The molecule has 0 amide bonds. The third-order valence-corrected chi connectivity index (χ3v) is 5.09. The Morgan fingerprint density at radius 2 is 2.00 bits per heavy atom. The van der Waals surface area contributed by atoms with Gasteiger partial charge in [-0.15, -0.1) is 11.3 Å². The zero-order chi connectivity index (χ0) is 12.4. The molecule has 1 fully saturated rings. The van der Waals surface area contributed by atoms with Gasteiger partial charge >= 0.3 is 0 Å². The summed E-state index contributed by atoms with van der Waals surface area (Å²) < 4.78 is 1.35. The van der Waals surface area contributed by atoms with E-state index in [1.807, 2.05) is 0 Å². The van der Waals surface area contributed by atoms with Crippen molar-refractivity contribution in [2.45, 2.75) is 37.8 Å². The molecule has 3 heteroatoms. The van der Waals surface area contributed by atoms with Crippen molar-refractivity contribution in [2.75, 3.05) is 6.61 Å². The number of thiophene rings is 1. The Hall–Kier alpha value is -0.900. The number of benzene rings is 1. The Kier molecular flexibility index (Phi) is 3.37. The van der Waals surface area contributed by atoms with Crippen LogP contribution in [0.3, 0.4) is 0 Å². The molecule has 0 atom stereocenters. The van der Waals surface area contributed by atoms with Crippen LogP contribution in [0.4, 0.5) is 0 Å². The molecular weight excluding hydrogens is 242 g/mol. The van der Waals surface area contributed by atoms with Gasteiger partial charge in [0.2, 0.25) is 0 Å². The van der Waals surface area contributed by atoms with Crippen LogP contribution >= 0.6 is 11.3 Å². The largest absolute Gasteiger partial charge is 0.394 e. The lowest BCUT2D eigenvalue weighted by atomic mass is 9.98. The van der Waals surface area contributed by atoms with Gasteiger partial charge in [-0.2, -0.15) is 0 Å². The number of hydrogen-bond donors (Lipinski definition) is 2. The van der Waals surface area contributed by atoms with Gasteiger partial charge in [0.05, 0.1) is 6.61 Å². The van der Waals surface area contributed by atoms with Gasteiger partial charge in [0.15, 0.2) is 0 Å². The van der Waals surface area contributed by atoms with Crippen LogP contribution in [0.1, 0.15) is 31.2 Å². The van der Waals surface area contributed by atoms with E-state index in [4.69, 9.17) is 0 Å². The summed E-state index contributed by atoms with van der Waals surface area (Å²) in [5.74, 6) is 0. The predicted molar refractivity (Wildman–Crippen MR) is 76.9 cm³/mol. The molecule has 1 aromatic heterocycles. The quantitative estimate of drug-likeness (QED) is 0.885. The third-order valence-electron chi connectivity index (χ3n) is 4.08. The van der Waals surface area contributed by atoms with Gasteiger partial charge < -0.3 is 10.4 Å². The highest BCUT2D eigenvalue weighted by Crippen LogP contribution is 2.31. The van der Waals surface area contributed by atoms with Crippen LogP contribution in [-0.2, 0) is 6.54 Å². The van der Waals surface area contributed by atoms with E-state index >= 15 is 0 Å². The van der Waals surface area contributed by atoms with Crippen molar-refractivity contribution < 1.29 is 5.11 Å². The topological polar surface area (TPSA) is 32.3 Å². The smallest absolute Gasteiger partial charge is 0.0613 e. The van der Waals surface area contributed by atoms with E-state index in [-0.39, 0.29) is 12.1 Å². The van der Waals surface area contributed by atoms with Gasteiger partial charge in [-0.1, -0.05) is 31.0 Å². The van der Waals surface area contributed by atoms with Gasteiger partial charge in [-0.3, -0.25) is 0 Å². The van der Waals surface area contributed by atoms with Crippen molar-refractivity contribution in [3.8, 4) is 0 Å². The summed E-state index contributed by atoms with van der Waals surface area (Å²) in [5.41, 5.74) is 1.33. The van der Waals surface area contributed by atoms with E-state index in [0.717, 1.165) is 19.4 Å². The minimum atomic E-state index is -0.0248. The fourth-order valence-corrected chi connectivity index (χ4v) is 3.86. The van der Waals surface area contributed by atoms with Gasteiger partial charge in [0.25, 0.3) is 0 Å². The van der Waals surface area contributed by atoms with Crippen LogP contribution in [0.15, 0.2) is 29.6 Å². The average Bonchev–Trinajstić information content (AvgIpc) is 3.04. The minimum Gasteiger partial charge on any atom is -0.394 e. The second kappa shape index (κ2) is 5.00. The maximum atomic E-state index is 9.60. The zero-order valence-corrected chi connectivity index (χ0v) is 11.3. The molecule has 0 aliphatic heterocycles. The summed E-state index contributed by atoms with van der Waals surface area (Å²) in [4.78, 5) is 0.